The molecule has 1 aromatic carbocycles. The van der Waals surface area contributed by atoms with Gasteiger partial charge in [0.1, 0.15) is 23.6 Å². The molecule has 32 heavy (non-hydrogen) atoms. The maximum absolute atomic E-state index is 12.4. The summed E-state index contributed by atoms with van der Waals surface area (Å²) in [5, 5.41) is 22.2. The first-order valence-electron chi connectivity index (χ1n) is 10.2. The van der Waals surface area contributed by atoms with Gasteiger partial charge in [-0.1, -0.05) is 18.2 Å². The van der Waals surface area contributed by atoms with Gasteiger partial charge in [0.05, 0.1) is 24.7 Å². The molecule has 2 aromatic heterocycles. The number of aliphatic hydroxyl groups is 2. The van der Waals surface area contributed by atoms with E-state index in [1.54, 1.807) is 34.8 Å². The molecule has 0 aliphatic carbocycles. The molecular formula is C21H25N5O5S. The van der Waals surface area contributed by atoms with Gasteiger partial charge in [-0.3, -0.25) is 14.7 Å². The van der Waals surface area contributed by atoms with Crippen molar-refractivity contribution in [1.29, 1.82) is 0 Å². The van der Waals surface area contributed by atoms with Crippen LogP contribution in [-0.2, 0) is 16.0 Å². The highest BCUT2D eigenvalue weighted by molar-refractivity contribution is 7.98. The highest BCUT2D eigenvalue weighted by Crippen LogP contribution is 2.31. The number of amides is 1. The second-order valence-electron chi connectivity index (χ2n) is 7.33. The van der Waals surface area contributed by atoms with Gasteiger partial charge in [0, 0.05) is 12.8 Å². The molecule has 3 aromatic rings. The Kier molecular flexibility index (Phi) is 7.20. The number of anilines is 1. The van der Waals surface area contributed by atoms with Crippen LogP contribution in [0.1, 0.15) is 18.3 Å². The van der Waals surface area contributed by atoms with E-state index in [1.807, 2.05) is 24.5 Å². The lowest BCUT2D eigenvalue weighted by atomic mass is 10.2. The summed E-state index contributed by atoms with van der Waals surface area (Å²) in [6.07, 6.45) is 2.56. The largest absolute Gasteiger partial charge is 0.484 e. The van der Waals surface area contributed by atoms with Crippen LogP contribution in [0.5, 0.6) is 5.75 Å². The molecular weight excluding hydrogens is 434 g/mol. The molecule has 1 amide bonds. The fourth-order valence-electron chi connectivity index (χ4n) is 3.49. The van der Waals surface area contributed by atoms with Crippen molar-refractivity contribution in [1.82, 2.24) is 19.5 Å². The van der Waals surface area contributed by atoms with E-state index in [9.17, 15) is 15.0 Å². The number of aromatic nitrogens is 4. The second kappa shape index (κ2) is 10.3. The van der Waals surface area contributed by atoms with Gasteiger partial charge in [0.15, 0.2) is 12.3 Å². The van der Waals surface area contributed by atoms with Gasteiger partial charge in [-0.25, -0.2) is 9.97 Å². The summed E-state index contributed by atoms with van der Waals surface area (Å²) in [6, 6.07) is 9.06. The minimum Gasteiger partial charge on any atom is -0.484 e. The summed E-state index contributed by atoms with van der Waals surface area (Å²) in [7, 11) is 0. The Morgan fingerprint density at radius 2 is 2.16 bits per heavy atom. The maximum Gasteiger partial charge on any atom is 0.264 e. The number of hydrogen-bond donors (Lipinski definition) is 3. The van der Waals surface area contributed by atoms with Crippen LogP contribution < -0.4 is 10.1 Å². The molecule has 1 saturated heterocycles. The molecule has 1 fully saturated rings. The molecule has 10 nitrogen and oxygen atoms in total. The highest BCUT2D eigenvalue weighted by Gasteiger charge is 2.35. The van der Waals surface area contributed by atoms with Gasteiger partial charge in [-0.05, 0) is 24.1 Å². The third kappa shape index (κ3) is 5.01. The van der Waals surface area contributed by atoms with Crippen LogP contribution in [0.4, 0.5) is 5.95 Å². The number of hydrogen-bond acceptors (Lipinski definition) is 9. The Morgan fingerprint density at radius 3 is 2.88 bits per heavy atom. The minimum atomic E-state index is -0.783. The number of aliphatic hydroxyl groups excluding tert-OH is 2. The van der Waals surface area contributed by atoms with Crippen LogP contribution in [0.2, 0.25) is 0 Å². The molecule has 0 saturated carbocycles. The molecule has 170 valence electrons. The highest BCUT2D eigenvalue weighted by atomic mass is 32.2. The van der Waals surface area contributed by atoms with Crippen molar-refractivity contribution >= 4 is 34.8 Å². The van der Waals surface area contributed by atoms with Crippen LogP contribution >= 0.6 is 11.8 Å². The van der Waals surface area contributed by atoms with E-state index < -0.39 is 18.4 Å². The molecule has 0 radical (unpaired) electrons. The number of imidazole rings is 1. The number of nitrogens with one attached hydrogen (secondary N) is 1. The summed E-state index contributed by atoms with van der Waals surface area (Å²) in [6.45, 7) is -0.456. The van der Waals surface area contributed by atoms with Crippen molar-refractivity contribution < 1.29 is 24.5 Å². The summed E-state index contributed by atoms with van der Waals surface area (Å²) in [5.74, 6) is 1.18. The van der Waals surface area contributed by atoms with Crippen LogP contribution in [0.15, 0.2) is 36.7 Å². The molecule has 3 heterocycles. The molecule has 3 N–H and O–H groups in total. The Morgan fingerprint density at radius 1 is 1.34 bits per heavy atom. The van der Waals surface area contributed by atoms with Crippen molar-refractivity contribution in [3.05, 3.63) is 42.4 Å². The number of carbonyl (C=O) groups excluding carboxylic acids is 1. The zero-order valence-corrected chi connectivity index (χ0v) is 18.4. The number of para-hydroxylation sites is 1. The van der Waals surface area contributed by atoms with Gasteiger partial charge in [0.2, 0.25) is 5.95 Å². The predicted octanol–water partition coefficient (Wildman–Crippen LogP) is 1.39. The van der Waals surface area contributed by atoms with E-state index in [0.717, 1.165) is 5.75 Å². The lowest BCUT2D eigenvalue weighted by Crippen LogP contribution is -2.24. The minimum absolute atomic E-state index is 0.147. The first kappa shape index (κ1) is 22.5. The van der Waals surface area contributed by atoms with Crippen molar-refractivity contribution in [3.8, 4) is 5.75 Å². The molecule has 0 unspecified atom stereocenters. The summed E-state index contributed by atoms with van der Waals surface area (Å²) in [5.41, 5.74) is 1.81. The van der Waals surface area contributed by atoms with Gasteiger partial charge in [-0.15, -0.1) is 0 Å². The average molecular weight is 460 g/mol. The Bertz CT molecular complexity index is 1060. The molecule has 0 spiro atoms. The zero-order chi connectivity index (χ0) is 22.5. The number of benzene rings is 1. The first-order chi connectivity index (χ1) is 15.6. The standard InChI is InChI=1S/C21H25N5O5S/c1-32-8-7-14-19-20(26(12-22-19)18-9-15(28)16(10-27)31-18)25-21(23-14)24-17(29)11-30-13-5-3-2-4-6-13/h2-6,12,15-16,18,27-28H,7-11H2,1H3,(H,23,24,25,29)/t15-,16+,18+/m0/s1. The molecule has 11 heteroatoms. The van der Waals surface area contributed by atoms with Crippen molar-refractivity contribution in [2.45, 2.75) is 31.3 Å². The Balaban J connectivity index is 1.57. The normalized spacial score (nSPS) is 20.5. The van der Waals surface area contributed by atoms with Crippen LogP contribution in [0, 0.1) is 0 Å². The lowest BCUT2D eigenvalue weighted by Gasteiger charge is -2.14. The van der Waals surface area contributed by atoms with Gasteiger partial charge >= 0.3 is 0 Å². The van der Waals surface area contributed by atoms with E-state index in [-0.39, 0.29) is 25.1 Å². The molecule has 4 rings (SSSR count). The zero-order valence-electron chi connectivity index (χ0n) is 17.5. The van der Waals surface area contributed by atoms with E-state index in [0.29, 0.717) is 35.4 Å². The van der Waals surface area contributed by atoms with Crippen LogP contribution in [-0.4, -0.2) is 73.1 Å². The first-order valence-corrected chi connectivity index (χ1v) is 11.6. The van der Waals surface area contributed by atoms with Gasteiger partial charge in [0.25, 0.3) is 5.91 Å². The lowest BCUT2D eigenvalue weighted by molar-refractivity contribution is -0.118. The number of rotatable bonds is 9. The predicted molar refractivity (Wildman–Crippen MR) is 120 cm³/mol. The smallest absolute Gasteiger partial charge is 0.264 e. The number of ether oxygens (including phenoxy) is 2. The summed E-state index contributed by atoms with van der Waals surface area (Å²) >= 11 is 1.68. The average Bonchev–Trinajstić information content (AvgIpc) is 3.39. The number of fused-ring (bicyclic) bond motifs is 1. The molecule has 1 aliphatic heterocycles. The number of carbonyl (C=O) groups is 1. The quantitative estimate of drug-likeness (QED) is 0.434. The SMILES string of the molecule is CSCCc1nc(NC(=O)COc2ccccc2)nc2c1ncn2[C@H]1C[C@H](O)[C@@H](CO)O1. The van der Waals surface area contributed by atoms with E-state index in [1.165, 1.54) is 0 Å². The van der Waals surface area contributed by atoms with Crippen LogP contribution in [0.3, 0.4) is 0 Å². The Labute approximate surface area is 189 Å². The number of nitrogens with zero attached hydrogens (tertiary/aromatic N) is 4. The van der Waals surface area contributed by atoms with Crippen molar-refractivity contribution in [3.63, 3.8) is 0 Å². The second-order valence-corrected chi connectivity index (χ2v) is 8.31. The summed E-state index contributed by atoms with van der Waals surface area (Å²) < 4.78 is 12.9. The number of thioether (sulfide) groups is 1. The topological polar surface area (TPSA) is 132 Å². The molecule has 0 bridgehead atoms. The number of aryl methyl sites for hydroxylation is 1. The third-order valence-corrected chi connectivity index (χ3v) is 5.71. The van der Waals surface area contributed by atoms with E-state index in [2.05, 4.69) is 20.3 Å². The third-order valence-electron chi connectivity index (χ3n) is 5.10. The van der Waals surface area contributed by atoms with Gasteiger partial charge in [-0.2, -0.15) is 16.7 Å². The summed E-state index contributed by atoms with van der Waals surface area (Å²) in [4.78, 5) is 25.9. The van der Waals surface area contributed by atoms with E-state index in [4.69, 9.17) is 9.47 Å². The van der Waals surface area contributed by atoms with E-state index >= 15 is 0 Å². The maximum atomic E-state index is 12.4. The fourth-order valence-corrected chi connectivity index (χ4v) is 3.89. The Hall–Kier alpha value is -2.73. The van der Waals surface area contributed by atoms with Crippen LogP contribution in [0.25, 0.3) is 11.2 Å². The molecule has 1 aliphatic rings. The van der Waals surface area contributed by atoms with Crippen molar-refractivity contribution in [2.24, 2.45) is 0 Å². The fraction of sp³-hybridized carbons (Fsp3) is 0.429. The van der Waals surface area contributed by atoms with Crippen molar-refractivity contribution in [2.75, 3.05) is 30.5 Å². The monoisotopic (exact) mass is 459 g/mol. The van der Waals surface area contributed by atoms with Gasteiger partial charge < -0.3 is 19.7 Å². The molecule has 3 atom stereocenters.